The Labute approximate surface area is 201 Å². The molecule has 0 bridgehead atoms. The molecule has 4 fully saturated rings. The van der Waals surface area contributed by atoms with Crippen LogP contribution in [0.1, 0.15) is 113 Å². The second-order valence-electron chi connectivity index (χ2n) is 15.0. The Bertz CT molecular complexity index is 889. The van der Waals surface area contributed by atoms with Gasteiger partial charge in [-0.05, 0) is 116 Å². The van der Waals surface area contributed by atoms with Gasteiger partial charge in [-0.3, -0.25) is 4.79 Å². The summed E-state index contributed by atoms with van der Waals surface area (Å²) in [5, 5.41) is 21.0. The Morgan fingerprint density at radius 2 is 1.42 bits per heavy atom. The number of allylic oxidation sites excluding steroid dienone is 2. The Hall–Kier alpha value is -0.830. The first-order valence-electron chi connectivity index (χ1n) is 13.8. The SMILES string of the molecule is CC1(C)[C@H](O)CC[C@]2(C)[C@H]3CC[C@]4(C)C(=CC[C@@]5(C)CC[C@@](C)(C(=O)O)C[C@H]54)[C@]3(C)CC[C@@H]12. The van der Waals surface area contributed by atoms with Crippen molar-refractivity contribution in [3.63, 3.8) is 0 Å². The lowest BCUT2D eigenvalue weighted by Crippen LogP contribution is -2.63. The molecular weight excluding hydrogens is 408 g/mol. The molecule has 0 aromatic rings. The highest BCUT2D eigenvalue weighted by molar-refractivity contribution is 5.74. The van der Waals surface area contributed by atoms with Crippen molar-refractivity contribution in [1.82, 2.24) is 0 Å². The van der Waals surface area contributed by atoms with Crippen LogP contribution in [-0.2, 0) is 4.79 Å². The Morgan fingerprint density at radius 3 is 2.06 bits per heavy atom. The van der Waals surface area contributed by atoms with E-state index in [9.17, 15) is 15.0 Å². The molecule has 5 rings (SSSR count). The fourth-order valence-electron chi connectivity index (χ4n) is 10.9. The van der Waals surface area contributed by atoms with E-state index in [0.717, 1.165) is 38.5 Å². The van der Waals surface area contributed by atoms with E-state index in [2.05, 4.69) is 47.6 Å². The molecule has 186 valence electrons. The van der Waals surface area contributed by atoms with Gasteiger partial charge in [-0.2, -0.15) is 0 Å². The number of fused-ring (bicyclic) bond motifs is 7. The van der Waals surface area contributed by atoms with Gasteiger partial charge in [0.05, 0.1) is 11.5 Å². The lowest BCUT2D eigenvalue weighted by molar-refractivity contribution is -0.185. The Kier molecular flexibility index (Phi) is 4.99. The van der Waals surface area contributed by atoms with Gasteiger partial charge in [0.15, 0.2) is 0 Å². The van der Waals surface area contributed by atoms with E-state index >= 15 is 0 Å². The molecule has 3 nitrogen and oxygen atoms in total. The third-order valence-corrected chi connectivity index (χ3v) is 13.0. The van der Waals surface area contributed by atoms with Gasteiger partial charge in [0, 0.05) is 0 Å². The summed E-state index contributed by atoms with van der Waals surface area (Å²) in [7, 11) is 0. The molecule has 0 unspecified atom stereocenters. The monoisotopic (exact) mass is 456 g/mol. The molecule has 0 saturated heterocycles. The van der Waals surface area contributed by atoms with Crippen LogP contribution in [0.25, 0.3) is 0 Å². The van der Waals surface area contributed by atoms with E-state index in [1.807, 2.05) is 6.92 Å². The van der Waals surface area contributed by atoms with Crippen LogP contribution < -0.4 is 0 Å². The van der Waals surface area contributed by atoms with Crippen molar-refractivity contribution < 1.29 is 15.0 Å². The summed E-state index contributed by atoms with van der Waals surface area (Å²) in [5.74, 6) is 1.09. The smallest absolute Gasteiger partial charge is 0.309 e. The summed E-state index contributed by atoms with van der Waals surface area (Å²) < 4.78 is 0. The average Bonchev–Trinajstić information content (AvgIpc) is 2.71. The summed E-state index contributed by atoms with van der Waals surface area (Å²) in [6.07, 6.45) is 13.2. The highest BCUT2D eigenvalue weighted by Gasteiger charge is 2.67. The maximum Gasteiger partial charge on any atom is 0.309 e. The summed E-state index contributed by atoms with van der Waals surface area (Å²) in [4.78, 5) is 12.3. The van der Waals surface area contributed by atoms with Gasteiger partial charge >= 0.3 is 5.97 Å². The lowest BCUT2D eigenvalue weighted by Gasteiger charge is -2.70. The van der Waals surface area contributed by atoms with Crippen LogP contribution >= 0.6 is 0 Å². The molecule has 9 atom stereocenters. The minimum atomic E-state index is -0.597. The normalized spacial score (nSPS) is 55.3. The van der Waals surface area contributed by atoms with Gasteiger partial charge < -0.3 is 10.2 Å². The van der Waals surface area contributed by atoms with Crippen LogP contribution in [0.15, 0.2) is 11.6 Å². The van der Waals surface area contributed by atoms with E-state index in [4.69, 9.17) is 0 Å². The highest BCUT2D eigenvalue weighted by atomic mass is 16.4. The molecule has 0 spiro atoms. The zero-order chi connectivity index (χ0) is 24.2. The molecule has 2 N–H and O–H groups in total. The number of hydrogen-bond acceptors (Lipinski definition) is 2. The lowest BCUT2D eigenvalue weighted by atomic mass is 9.34. The summed E-state index contributed by atoms with van der Waals surface area (Å²) in [6.45, 7) is 16.7. The van der Waals surface area contributed by atoms with Crippen molar-refractivity contribution in [2.75, 3.05) is 0 Å². The Morgan fingerprint density at radius 1 is 0.818 bits per heavy atom. The molecule has 4 saturated carbocycles. The van der Waals surface area contributed by atoms with Crippen molar-refractivity contribution in [1.29, 1.82) is 0 Å². The van der Waals surface area contributed by atoms with Gasteiger partial charge in [0.1, 0.15) is 0 Å². The standard InChI is InChI=1S/C30H48O3/c1-25(2)19-9-13-29(6)20-8-12-26(3)16-17-27(4,24(32)33)18-22(26)30(20,7)14-10-21(29)28(19,5)15-11-23(25)31/h8,19,21-23,31H,9-18H2,1-7H3,(H,32,33)/t19-,21+,22+,23+,26-,27+,28-,29-,30+/m0/s1. The zero-order valence-corrected chi connectivity index (χ0v) is 22.3. The first-order valence-corrected chi connectivity index (χ1v) is 13.8. The summed E-state index contributed by atoms with van der Waals surface area (Å²) in [6, 6.07) is 0. The zero-order valence-electron chi connectivity index (χ0n) is 22.3. The minimum absolute atomic E-state index is 0.0126. The quantitative estimate of drug-likeness (QED) is 0.409. The summed E-state index contributed by atoms with van der Waals surface area (Å²) >= 11 is 0. The largest absolute Gasteiger partial charge is 0.481 e. The second-order valence-corrected chi connectivity index (χ2v) is 15.0. The first-order chi connectivity index (χ1) is 15.1. The predicted molar refractivity (Wildman–Crippen MR) is 133 cm³/mol. The van der Waals surface area contributed by atoms with Crippen LogP contribution in [0.2, 0.25) is 0 Å². The number of carboxylic acids is 1. The molecule has 0 aliphatic heterocycles. The second kappa shape index (κ2) is 6.89. The molecule has 0 heterocycles. The van der Waals surface area contributed by atoms with Gasteiger partial charge in [-0.25, -0.2) is 0 Å². The first kappa shape index (κ1) is 23.9. The van der Waals surface area contributed by atoms with E-state index in [1.165, 1.54) is 25.7 Å². The fraction of sp³-hybridized carbons (Fsp3) is 0.900. The van der Waals surface area contributed by atoms with Gasteiger partial charge in [0.25, 0.3) is 0 Å². The van der Waals surface area contributed by atoms with E-state index in [-0.39, 0.29) is 33.2 Å². The number of aliphatic hydroxyl groups excluding tert-OH is 1. The summed E-state index contributed by atoms with van der Waals surface area (Å²) in [5.41, 5.74) is 1.92. The predicted octanol–water partition coefficient (Wildman–Crippen LogP) is 7.23. The van der Waals surface area contributed by atoms with Crippen molar-refractivity contribution >= 4 is 5.97 Å². The maximum atomic E-state index is 12.3. The number of rotatable bonds is 1. The fourth-order valence-corrected chi connectivity index (χ4v) is 10.9. The van der Waals surface area contributed by atoms with E-state index in [1.54, 1.807) is 5.57 Å². The van der Waals surface area contributed by atoms with Crippen molar-refractivity contribution in [3.8, 4) is 0 Å². The molecule has 0 aromatic heterocycles. The molecule has 33 heavy (non-hydrogen) atoms. The van der Waals surface area contributed by atoms with Crippen LogP contribution in [0.5, 0.6) is 0 Å². The van der Waals surface area contributed by atoms with E-state index in [0.29, 0.717) is 17.8 Å². The van der Waals surface area contributed by atoms with Crippen molar-refractivity contribution in [2.24, 2.45) is 50.2 Å². The third-order valence-electron chi connectivity index (χ3n) is 13.0. The average molecular weight is 457 g/mol. The van der Waals surface area contributed by atoms with Crippen molar-refractivity contribution in [2.45, 2.75) is 119 Å². The minimum Gasteiger partial charge on any atom is -0.481 e. The van der Waals surface area contributed by atoms with Crippen LogP contribution in [0.3, 0.4) is 0 Å². The van der Waals surface area contributed by atoms with Crippen molar-refractivity contribution in [3.05, 3.63) is 11.6 Å². The van der Waals surface area contributed by atoms with E-state index < -0.39 is 11.4 Å². The van der Waals surface area contributed by atoms with Gasteiger partial charge in [0.2, 0.25) is 0 Å². The molecule has 0 radical (unpaired) electrons. The highest BCUT2D eigenvalue weighted by Crippen LogP contribution is 2.75. The number of aliphatic hydroxyl groups is 1. The molecule has 3 heteroatoms. The van der Waals surface area contributed by atoms with Crippen LogP contribution in [0.4, 0.5) is 0 Å². The molecule has 0 amide bonds. The molecule has 5 aliphatic carbocycles. The number of carboxylic acid groups (broad SMARTS) is 1. The topological polar surface area (TPSA) is 57.5 Å². The van der Waals surface area contributed by atoms with Crippen LogP contribution in [0, 0.1) is 50.2 Å². The number of aliphatic carboxylic acids is 1. The molecule has 5 aliphatic rings. The Balaban J connectivity index is 1.55. The molecular formula is C30H48O3. The number of carbonyl (C=O) groups is 1. The van der Waals surface area contributed by atoms with Crippen LogP contribution in [-0.4, -0.2) is 22.3 Å². The van der Waals surface area contributed by atoms with Gasteiger partial charge in [-0.1, -0.05) is 53.2 Å². The van der Waals surface area contributed by atoms with Gasteiger partial charge in [-0.15, -0.1) is 0 Å². The number of hydrogen-bond donors (Lipinski definition) is 2. The molecule has 0 aromatic carbocycles. The third kappa shape index (κ3) is 2.93. The maximum absolute atomic E-state index is 12.3.